The van der Waals surface area contributed by atoms with Crippen molar-refractivity contribution in [1.82, 2.24) is 39.2 Å². The smallest absolute Gasteiger partial charge is 0.308 e. The normalized spacial score (nSPS) is 28.0. The Morgan fingerprint density at radius 1 is 0.331 bits per heavy atom. The number of aliphatic hydroxyl groups excluding tert-OH is 1. The van der Waals surface area contributed by atoms with Crippen molar-refractivity contribution in [3.05, 3.63) is 17.2 Å². The summed E-state index contributed by atoms with van der Waals surface area (Å²) in [4.78, 5) is 63.5. The van der Waals surface area contributed by atoms with Gasteiger partial charge in [-0.05, 0) is 518 Å². The molecule has 0 atom stereocenters. The van der Waals surface area contributed by atoms with Crippen LogP contribution >= 0.6 is 0 Å². The Morgan fingerprint density at radius 3 is 0.758 bits per heavy atom. The molecule has 0 bridgehead atoms. The number of piperidine rings is 8. The molecule has 8 saturated carbocycles. The first-order chi connectivity index (χ1) is 56.6. The van der Waals surface area contributed by atoms with Crippen molar-refractivity contribution >= 4 is 24.1 Å². The van der Waals surface area contributed by atoms with Crippen molar-refractivity contribution in [2.45, 2.75) is 315 Å². The van der Waals surface area contributed by atoms with Gasteiger partial charge in [-0.2, -0.15) is 6.54 Å². The van der Waals surface area contributed by atoms with E-state index >= 15 is 0 Å². The molecule has 124 heavy (non-hydrogen) atoms. The second kappa shape index (κ2) is 55.8. The Labute approximate surface area is 781 Å². The zero-order valence-corrected chi connectivity index (χ0v) is 109. The van der Waals surface area contributed by atoms with Gasteiger partial charge in [0.05, 0.1) is 24.9 Å². The van der Waals surface area contributed by atoms with E-state index in [1.54, 1.807) is 0 Å². The minimum absolute atomic E-state index is 0. The van der Waals surface area contributed by atoms with Crippen LogP contribution in [0.1, 0.15) is 315 Å². The van der Waals surface area contributed by atoms with Gasteiger partial charge in [0.25, 0.3) is 0 Å². The number of carbonyl (C=O) groups excluding carboxylic acids is 3. The summed E-state index contributed by atoms with van der Waals surface area (Å²) in [5, 5.41) is 18.1. The third kappa shape index (κ3) is 35.6. The number of aldehydes is 1. The first kappa shape index (κ1) is 115. The standard InChI is InChI=1S/C13H25N2.C13H23NO2.C13H25NO.C12H22N2O.C12H23N2.C12H21NO2.C12H23NO.C12H21NO.3Re.3Rf/c1-15-10-7-13(8-11-15)5-2-12(3-6-13)4-9-14;1-14-9-7-13(8-10-14)5-3-11(4-6-13)12(15)16-2;1-14-9-7-13(8-10-14)5-3-12(4-6-13)11-15-2;1-14-8-6-12(7-9-14)4-2-10(3-5-12)11(13)15;1-14-8-6-12(7-9-14)4-2-11(10-13)3-5-12;1-13-8-6-12(7-9-13)4-2-10(3-5-12)11(14)15;2*1-13-8-6-12(7-9-13)4-2-11(10-14)3-5-12;;;;;;/h12,14H,2-11H2,1H3;11H,3-10H2,1-2H3;12H,3-11H2,1-2H3;10H,2-9H2,1H3,(H2,13,15);11,13H,2-10H2,1H3;10H,2-9H2,1H3,(H,14,15);11,14H,2-10H2,1H3;10-11H,2-9H2,1H3;;;;;;/q-1;;;;-1;;;;;;;;;/p-1. The fraction of sp³-hybridized carbons (Fsp3) is 0.960. The van der Waals surface area contributed by atoms with E-state index in [1.807, 2.05) is 7.11 Å². The van der Waals surface area contributed by atoms with E-state index in [2.05, 4.69) is 95.6 Å². The Bertz CT molecular complexity index is 2660. The van der Waals surface area contributed by atoms with Crippen LogP contribution in [0.15, 0.2) is 0 Å². The van der Waals surface area contributed by atoms with Crippen LogP contribution in [0.2, 0.25) is 0 Å². The molecule has 8 saturated heterocycles. The number of amides is 1. The number of likely N-dealkylation sites (tertiary alicyclic amines) is 8. The van der Waals surface area contributed by atoms with Crippen LogP contribution < -0.4 is 0 Å². The largest absolute Gasteiger partial charge is 0.677 e. The fourth-order valence-electron chi connectivity index (χ4n) is 25.2. The maximum atomic E-state index is 11.5. The van der Waals surface area contributed by atoms with E-state index in [-0.39, 0.29) is 90.9 Å². The number of ether oxygens (including phenoxy) is 2. The average molecular weight is 3010 g/mol. The molecule has 0 unspecified atom stereocenters. The number of esters is 1. The summed E-state index contributed by atoms with van der Waals surface area (Å²) in [7, 11) is 21.1. The van der Waals surface area contributed by atoms with Gasteiger partial charge in [-0.25, -0.2) is 0 Å². The molecule has 8 spiro atoms. The number of hydrogen-bond donors (Lipinski definition) is 2. The number of carboxylic acids is 1. The number of methoxy groups -OCH3 is 2. The number of rotatable bonds is 10. The molecule has 1 amide bonds. The van der Waals surface area contributed by atoms with Gasteiger partial charge in [0.15, 0.2) is 0 Å². The summed E-state index contributed by atoms with van der Waals surface area (Å²) in [5.41, 5.74) is 26.9. The van der Waals surface area contributed by atoms with Crippen LogP contribution in [0.4, 0.5) is 0 Å². The molecule has 16 fully saturated rings. The predicted molar refractivity (Wildman–Crippen MR) is 486 cm³/mol. The number of hydrogen-bond acceptors (Lipinski definition) is 15. The second-order valence-corrected chi connectivity index (χ2v) is 44.1. The Morgan fingerprint density at radius 2 is 0.548 bits per heavy atom. The monoisotopic (exact) mass is 3020 g/mol. The zero-order valence-electron chi connectivity index (χ0n) is 81.2. The van der Waals surface area contributed by atoms with E-state index < -0.39 is 5.97 Å². The van der Waals surface area contributed by atoms with Crippen LogP contribution in [-0.4, -0.2) is 275 Å². The number of nitrogens with zero attached hydrogens (tertiary/aromatic N) is 8. The van der Waals surface area contributed by atoms with Crippen LogP contribution in [0.25, 0.3) is 17.2 Å². The van der Waals surface area contributed by atoms with Crippen molar-refractivity contribution in [3.63, 3.8) is 0 Å². The molecule has 711 valence electrons. The van der Waals surface area contributed by atoms with Gasteiger partial charge in [0, 0.05) is 93.4 Å². The summed E-state index contributed by atoms with van der Waals surface area (Å²) in [5.74, 6) is 2.69. The number of carbonyl (C=O) groups is 4. The number of aliphatic carboxylic acids is 1. The maximum absolute atomic E-state index is 11.5. The third-order valence-electron chi connectivity index (χ3n) is 36.2. The molecule has 3 radical (unpaired) electrons. The number of aliphatic hydroxyl groups is 1. The topological polar surface area (TPSA) is 225 Å². The Kier molecular flexibility index (Phi) is 51.7. The minimum atomic E-state index is -0.585. The van der Waals surface area contributed by atoms with Crippen LogP contribution in [-0.2, 0) is 89.9 Å². The molecule has 16 rings (SSSR count). The van der Waals surface area contributed by atoms with Gasteiger partial charge in [0.1, 0.15) is 6.29 Å². The van der Waals surface area contributed by atoms with Gasteiger partial charge in [-0.15, -0.1) is 6.54 Å². The van der Waals surface area contributed by atoms with Crippen LogP contribution in [0.3, 0.4) is 0 Å². The molecule has 5 N–H and O–H groups in total. The number of nitrogens with one attached hydrogen (secondary N) is 3. The summed E-state index contributed by atoms with van der Waals surface area (Å²) < 4.78 is 10.1. The van der Waals surface area contributed by atoms with Gasteiger partial charge in [-0.3, -0.25) is 9.59 Å². The second-order valence-electron chi connectivity index (χ2n) is 44.1. The van der Waals surface area contributed by atoms with Crippen molar-refractivity contribution in [2.75, 3.05) is 202 Å². The van der Waals surface area contributed by atoms with Crippen molar-refractivity contribution in [3.8, 4) is 0 Å². The van der Waals surface area contributed by atoms with Crippen molar-refractivity contribution in [1.29, 1.82) is 0 Å². The van der Waals surface area contributed by atoms with E-state index in [9.17, 15) is 19.2 Å². The minimum Gasteiger partial charge on any atom is -0.677 e. The molecular weight excluding hydrogens is 2830 g/mol. The molecule has 0 aromatic heterocycles. The summed E-state index contributed by atoms with van der Waals surface area (Å²) in [6.45, 7) is 22.9. The molecule has 0 aromatic rings. The third-order valence-corrected chi connectivity index (χ3v) is 36.2. The van der Waals surface area contributed by atoms with Gasteiger partial charge < -0.3 is 85.7 Å². The van der Waals surface area contributed by atoms with Crippen LogP contribution in [0, 0.1) is 90.7 Å². The molecule has 8 aliphatic carbocycles. The molecule has 0 aromatic carbocycles. The molecule has 8 aliphatic heterocycles. The Hall–Kier alpha value is -3.41. The molecule has 16 aliphatic rings. The molecule has 25 heteroatoms. The summed E-state index contributed by atoms with van der Waals surface area (Å²) in [6.07, 6.45) is 64.0. The Balaban J connectivity index is 0.000000363. The maximum Gasteiger partial charge on any atom is 0.308 e. The zero-order chi connectivity index (χ0) is 84.9. The molecule has 19 nitrogen and oxygen atoms in total. The first-order valence-corrected chi connectivity index (χ1v) is 49.5. The molecular formula is C99H182N11O8Re3Rf3-3. The summed E-state index contributed by atoms with van der Waals surface area (Å²) >= 11 is 0. The van der Waals surface area contributed by atoms with E-state index in [0.29, 0.717) is 69.4 Å². The first-order valence-electron chi connectivity index (χ1n) is 49.5. The van der Waals surface area contributed by atoms with E-state index in [0.717, 1.165) is 100 Å². The SMILES string of the molecule is CN1CCC2(CCC(C(=O)O)CC2)CC1.CN1CCC2(CCC(C([NH-])=O)CC2)CC1.CN1CCC2(CCC(C=O)CC2)CC1.CN1CCC2(CCC(CC[NH-])CC2)CC1.CN1CCC2(CCC(CO)CC2)CC1.CN1CCC2(CCC(C[NH-])CC2)CC1.COC(=O)C1CCC2(CC1)CCN(C)CC2.COCC1CCC2(CC1)CCN(C)CC2.[Re].[Re].[Re].[Rf].[Rf].[Rf]. The summed E-state index contributed by atoms with van der Waals surface area (Å²) in [6, 6.07) is 0. The van der Waals surface area contributed by atoms with E-state index in [4.69, 9.17) is 36.9 Å². The van der Waals surface area contributed by atoms with E-state index in [1.165, 1.54) is 362 Å². The van der Waals surface area contributed by atoms with Crippen molar-refractivity contribution < 1.29 is 100 Å². The number of carboxylic acid groups (broad SMARTS) is 1. The van der Waals surface area contributed by atoms with Gasteiger partial charge in [0.2, 0.25) is 0 Å². The fourth-order valence-corrected chi connectivity index (χ4v) is 25.2. The van der Waals surface area contributed by atoms with Gasteiger partial charge >= 0.3 is 11.9 Å². The molecule has 8 heterocycles. The average Bonchev–Trinajstić information content (AvgIpc) is 0.946. The quantitative estimate of drug-likeness (QED) is 0.153. The predicted octanol–water partition coefficient (Wildman–Crippen LogP) is 19.3. The van der Waals surface area contributed by atoms with Crippen LogP contribution in [0.5, 0.6) is 0 Å². The van der Waals surface area contributed by atoms with Gasteiger partial charge in [-0.1, -0.05) is 25.2 Å². The van der Waals surface area contributed by atoms with Crippen molar-refractivity contribution in [2.24, 2.45) is 90.7 Å².